The highest BCUT2D eigenvalue weighted by Gasteiger charge is 2.31. The van der Waals surface area contributed by atoms with Gasteiger partial charge in [-0.05, 0) is 67.3 Å². The first-order chi connectivity index (χ1) is 14.8. The molecular weight excluding hydrogens is 474 g/mol. The maximum atomic E-state index is 13.0. The minimum absolute atomic E-state index is 0.0788. The van der Waals surface area contributed by atoms with E-state index in [2.05, 4.69) is 40.3 Å². The highest BCUT2D eigenvalue weighted by Crippen LogP contribution is 2.34. The van der Waals surface area contributed by atoms with Crippen LogP contribution >= 0.6 is 27.5 Å². The Hall–Kier alpha value is -2.30. The van der Waals surface area contributed by atoms with Crippen LogP contribution in [-0.4, -0.2) is 18.1 Å². The zero-order chi connectivity index (χ0) is 22.4. The summed E-state index contributed by atoms with van der Waals surface area (Å²) in [6.45, 7) is 6.23. The summed E-state index contributed by atoms with van der Waals surface area (Å²) in [7, 11) is 0. The van der Waals surface area contributed by atoms with Crippen molar-refractivity contribution in [1.29, 1.82) is 0 Å². The third-order valence-corrected chi connectivity index (χ3v) is 6.17. The first-order valence-corrected chi connectivity index (χ1v) is 11.5. The molecule has 0 aliphatic carbocycles. The van der Waals surface area contributed by atoms with Gasteiger partial charge in [-0.2, -0.15) is 0 Å². The fourth-order valence-corrected chi connectivity index (χ4v) is 4.11. The minimum atomic E-state index is -0.993. The van der Waals surface area contributed by atoms with Crippen molar-refractivity contribution in [2.24, 2.45) is 0 Å². The number of benzene rings is 3. The lowest BCUT2D eigenvalue weighted by molar-refractivity contribution is -0.134. The van der Waals surface area contributed by atoms with Gasteiger partial charge in [0.05, 0.1) is 0 Å². The van der Waals surface area contributed by atoms with Gasteiger partial charge in [0.15, 0.2) is 5.60 Å². The highest BCUT2D eigenvalue weighted by molar-refractivity contribution is 9.10. The number of carbonyl (C=O) groups is 1. The van der Waals surface area contributed by atoms with E-state index in [1.807, 2.05) is 66.7 Å². The molecule has 0 spiro atoms. The van der Waals surface area contributed by atoms with Crippen molar-refractivity contribution in [3.8, 4) is 5.75 Å². The summed E-state index contributed by atoms with van der Waals surface area (Å²) in [4.78, 5) is 13.0. The van der Waals surface area contributed by atoms with Gasteiger partial charge in [-0.1, -0.05) is 76.9 Å². The second-order valence-corrected chi connectivity index (χ2v) is 9.49. The molecule has 0 aromatic heterocycles. The van der Waals surface area contributed by atoms with Crippen LogP contribution in [0.4, 0.5) is 0 Å². The molecule has 0 saturated heterocycles. The monoisotopic (exact) mass is 499 g/mol. The van der Waals surface area contributed by atoms with Gasteiger partial charge in [0.25, 0.3) is 5.91 Å². The van der Waals surface area contributed by atoms with E-state index < -0.39 is 5.60 Å². The summed E-state index contributed by atoms with van der Waals surface area (Å²) in [5.41, 5.74) is 1.33. The molecule has 3 aromatic carbocycles. The molecule has 31 heavy (non-hydrogen) atoms. The van der Waals surface area contributed by atoms with Gasteiger partial charge in [-0.3, -0.25) is 4.79 Å². The number of hydrogen-bond acceptors (Lipinski definition) is 2. The second-order valence-electron chi connectivity index (χ2n) is 8.14. The number of amides is 1. The minimum Gasteiger partial charge on any atom is -0.478 e. The zero-order valence-electron chi connectivity index (χ0n) is 17.9. The van der Waals surface area contributed by atoms with Crippen LogP contribution in [0.3, 0.4) is 0 Å². The van der Waals surface area contributed by atoms with Gasteiger partial charge in [0.2, 0.25) is 0 Å². The largest absolute Gasteiger partial charge is 0.478 e. The van der Waals surface area contributed by atoms with Gasteiger partial charge in [-0.25, -0.2) is 0 Å². The molecule has 5 heteroatoms. The molecule has 3 nitrogen and oxygen atoms in total. The van der Waals surface area contributed by atoms with Gasteiger partial charge in [-0.15, -0.1) is 0 Å². The lowest BCUT2D eigenvalue weighted by Gasteiger charge is -2.29. The van der Waals surface area contributed by atoms with Crippen LogP contribution in [0.1, 0.15) is 43.7 Å². The van der Waals surface area contributed by atoms with Crippen LogP contribution in [0.2, 0.25) is 5.02 Å². The molecule has 1 amide bonds. The summed E-state index contributed by atoms with van der Waals surface area (Å²) >= 11 is 9.65. The Labute approximate surface area is 197 Å². The van der Waals surface area contributed by atoms with E-state index in [-0.39, 0.29) is 17.7 Å². The highest BCUT2D eigenvalue weighted by atomic mass is 79.9. The Morgan fingerprint density at radius 2 is 1.68 bits per heavy atom. The van der Waals surface area contributed by atoms with Crippen LogP contribution in [0, 0.1) is 0 Å². The lowest BCUT2D eigenvalue weighted by atomic mass is 9.82. The Morgan fingerprint density at radius 1 is 1.00 bits per heavy atom. The molecule has 1 N–H and O–H groups in total. The van der Waals surface area contributed by atoms with Crippen LogP contribution in [0.25, 0.3) is 0 Å². The first kappa shape index (κ1) is 23.4. The van der Waals surface area contributed by atoms with Crippen molar-refractivity contribution in [2.45, 2.75) is 38.2 Å². The lowest BCUT2D eigenvalue weighted by Crippen LogP contribution is -2.47. The molecule has 0 fully saturated rings. The van der Waals surface area contributed by atoms with Gasteiger partial charge < -0.3 is 10.1 Å². The van der Waals surface area contributed by atoms with E-state index in [4.69, 9.17) is 16.3 Å². The smallest absolute Gasteiger partial charge is 0.263 e. The topological polar surface area (TPSA) is 38.3 Å². The number of halogens is 2. The maximum Gasteiger partial charge on any atom is 0.263 e. The van der Waals surface area contributed by atoms with Crippen molar-refractivity contribution in [3.05, 3.63) is 99.5 Å². The summed E-state index contributed by atoms with van der Waals surface area (Å²) < 4.78 is 6.96. The van der Waals surface area contributed by atoms with Gasteiger partial charge in [0, 0.05) is 22.0 Å². The van der Waals surface area contributed by atoms with Crippen molar-refractivity contribution in [2.75, 3.05) is 6.54 Å². The molecule has 3 aromatic rings. The molecule has 162 valence electrons. The Morgan fingerprint density at radius 3 is 2.32 bits per heavy atom. The van der Waals surface area contributed by atoms with Gasteiger partial charge >= 0.3 is 0 Å². The quantitative estimate of drug-likeness (QED) is 0.363. The van der Waals surface area contributed by atoms with E-state index in [1.165, 1.54) is 5.56 Å². The third kappa shape index (κ3) is 6.34. The number of hydrogen-bond donors (Lipinski definition) is 1. The molecule has 2 unspecified atom stereocenters. The Kier molecular flexibility index (Phi) is 7.79. The van der Waals surface area contributed by atoms with E-state index in [1.54, 1.807) is 13.8 Å². The Bertz CT molecular complexity index is 1010. The van der Waals surface area contributed by atoms with Gasteiger partial charge in [0.1, 0.15) is 5.75 Å². The van der Waals surface area contributed by atoms with E-state index in [0.29, 0.717) is 17.3 Å². The van der Waals surface area contributed by atoms with Crippen LogP contribution < -0.4 is 10.1 Å². The fourth-order valence-electron chi connectivity index (χ4n) is 3.56. The second kappa shape index (κ2) is 10.3. The van der Waals surface area contributed by atoms with Crippen molar-refractivity contribution >= 4 is 33.4 Å². The number of carbonyl (C=O) groups excluding carboxylic acids is 1. The van der Waals surface area contributed by atoms with Crippen LogP contribution in [-0.2, 0) is 4.79 Å². The molecule has 0 aliphatic heterocycles. The third-order valence-electron chi connectivity index (χ3n) is 5.42. The summed E-state index contributed by atoms with van der Waals surface area (Å²) in [5.74, 6) is 0.764. The predicted molar refractivity (Wildman–Crippen MR) is 131 cm³/mol. The predicted octanol–water partition coefficient (Wildman–Crippen LogP) is 6.96. The number of nitrogens with one attached hydrogen (secondary N) is 1. The molecule has 0 aliphatic rings. The number of para-hydroxylation sites is 1. The molecule has 3 rings (SSSR count). The molecule has 0 heterocycles. The summed E-state index contributed by atoms with van der Waals surface area (Å²) in [6, 6.07) is 25.5. The average molecular weight is 501 g/mol. The van der Waals surface area contributed by atoms with Crippen molar-refractivity contribution in [3.63, 3.8) is 0 Å². The summed E-state index contributed by atoms with van der Waals surface area (Å²) in [6.07, 6.45) is 0. The molecule has 2 atom stereocenters. The zero-order valence-corrected chi connectivity index (χ0v) is 20.3. The molecular formula is C26H27BrClNO2. The number of ether oxygens (including phenoxy) is 1. The maximum absolute atomic E-state index is 13.0. The standard InChI is InChI=1S/C26H27BrClNO2/c1-18(19-12-14-22(28)15-13-19)24(20-8-7-9-21(27)16-20)17-29-25(30)26(2,3)31-23-10-5-4-6-11-23/h4-16,18,24H,17H2,1-3H3,(H,29,30). The molecule has 0 radical (unpaired) electrons. The number of rotatable bonds is 8. The molecule has 0 bridgehead atoms. The summed E-state index contributed by atoms with van der Waals surface area (Å²) in [5, 5.41) is 3.83. The van der Waals surface area contributed by atoms with Crippen molar-refractivity contribution < 1.29 is 9.53 Å². The Balaban J connectivity index is 1.78. The van der Waals surface area contributed by atoms with Crippen LogP contribution in [0.5, 0.6) is 5.75 Å². The fraction of sp³-hybridized carbons (Fsp3) is 0.269. The van der Waals surface area contributed by atoms with Crippen LogP contribution in [0.15, 0.2) is 83.3 Å². The van der Waals surface area contributed by atoms with E-state index >= 15 is 0 Å². The van der Waals surface area contributed by atoms with Crippen molar-refractivity contribution in [1.82, 2.24) is 5.32 Å². The normalized spacial score (nSPS) is 13.3. The average Bonchev–Trinajstić information content (AvgIpc) is 2.74. The van der Waals surface area contributed by atoms with E-state index in [0.717, 1.165) is 10.0 Å². The first-order valence-electron chi connectivity index (χ1n) is 10.3. The SMILES string of the molecule is CC(c1ccc(Cl)cc1)C(CNC(=O)C(C)(C)Oc1ccccc1)c1cccc(Br)c1. The van der Waals surface area contributed by atoms with E-state index in [9.17, 15) is 4.79 Å². The molecule has 0 saturated carbocycles.